The average molecular weight is 644 g/mol. The van der Waals surface area contributed by atoms with Gasteiger partial charge in [0.05, 0.1) is 31.3 Å². The van der Waals surface area contributed by atoms with Crippen molar-refractivity contribution in [2.75, 3.05) is 6.61 Å². The molecule has 5 nitrogen and oxygen atoms in total. The molecule has 0 aromatic heterocycles. The van der Waals surface area contributed by atoms with Crippen molar-refractivity contribution in [2.24, 2.45) is 0 Å². The minimum Gasteiger partial charge on any atom is -0.394 e. The van der Waals surface area contributed by atoms with Crippen molar-refractivity contribution in [2.45, 2.75) is 186 Å². The van der Waals surface area contributed by atoms with Gasteiger partial charge in [-0.05, 0) is 70.6 Å². The number of aliphatic hydroxyl groups is 3. The number of nitrogens with one attached hydrogen (secondary N) is 1. The van der Waals surface area contributed by atoms with E-state index in [1.807, 2.05) is 6.08 Å². The summed E-state index contributed by atoms with van der Waals surface area (Å²) < 4.78 is 0. The standard InChI is InChI=1S/C41H73NO4/c1-3-5-7-9-11-13-15-16-17-18-19-20-21-22-23-24-25-26-28-30-32-34-38(44)36-41(46)42-39(37-43)40(45)35-33-31-29-27-14-12-10-8-6-4-2/h6,8,14,19-20,22-23,27,33,35,38-40,43-45H,3-5,7,9-13,15-18,21,24-26,28-32,34,36-37H2,1-2H3,(H,42,46)/b8-6+,20-19-,23-22-,27-14+,35-33+. The van der Waals surface area contributed by atoms with Gasteiger partial charge in [-0.15, -0.1) is 0 Å². The second-order valence-corrected chi connectivity index (χ2v) is 12.8. The molecule has 0 aromatic carbocycles. The molecule has 46 heavy (non-hydrogen) atoms. The van der Waals surface area contributed by atoms with Crippen molar-refractivity contribution in [1.82, 2.24) is 5.32 Å². The van der Waals surface area contributed by atoms with Crippen LogP contribution in [0.25, 0.3) is 0 Å². The molecule has 266 valence electrons. The van der Waals surface area contributed by atoms with E-state index in [9.17, 15) is 20.1 Å². The molecule has 3 atom stereocenters. The van der Waals surface area contributed by atoms with Gasteiger partial charge in [-0.25, -0.2) is 0 Å². The number of hydrogen-bond donors (Lipinski definition) is 4. The van der Waals surface area contributed by atoms with E-state index in [1.165, 1.54) is 77.0 Å². The zero-order chi connectivity index (χ0) is 33.8. The molecule has 0 rings (SSSR count). The van der Waals surface area contributed by atoms with E-state index in [0.29, 0.717) is 6.42 Å². The highest BCUT2D eigenvalue weighted by Crippen LogP contribution is 2.12. The molecular weight excluding hydrogens is 570 g/mol. The van der Waals surface area contributed by atoms with Gasteiger partial charge >= 0.3 is 0 Å². The van der Waals surface area contributed by atoms with Crippen LogP contribution in [0.4, 0.5) is 0 Å². The number of hydrogen-bond acceptors (Lipinski definition) is 4. The van der Waals surface area contributed by atoms with E-state index >= 15 is 0 Å². The van der Waals surface area contributed by atoms with Crippen LogP contribution in [0, 0.1) is 0 Å². The Kier molecular flexibility index (Phi) is 34.4. The molecule has 1 amide bonds. The predicted octanol–water partition coefficient (Wildman–Crippen LogP) is 10.4. The third kappa shape index (κ3) is 32.0. The van der Waals surface area contributed by atoms with Crippen molar-refractivity contribution < 1.29 is 20.1 Å². The molecule has 0 saturated heterocycles. The number of allylic oxidation sites excluding steroid dienone is 9. The van der Waals surface area contributed by atoms with Crippen LogP contribution >= 0.6 is 0 Å². The number of carbonyl (C=O) groups is 1. The first-order valence-electron chi connectivity index (χ1n) is 19.1. The molecule has 5 heteroatoms. The van der Waals surface area contributed by atoms with Gasteiger partial charge in [-0.3, -0.25) is 4.79 Å². The lowest BCUT2D eigenvalue weighted by molar-refractivity contribution is -0.124. The third-order valence-electron chi connectivity index (χ3n) is 8.27. The van der Waals surface area contributed by atoms with E-state index in [-0.39, 0.29) is 18.9 Å². The highest BCUT2D eigenvalue weighted by molar-refractivity contribution is 5.76. The summed E-state index contributed by atoms with van der Waals surface area (Å²) in [4.78, 5) is 12.3. The predicted molar refractivity (Wildman–Crippen MR) is 199 cm³/mol. The minimum atomic E-state index is -0.963. The van der Waals surface area contributed by atoms with Crippen LogP contribution in [0.15, 0.2) is 60.8 Å². The molecular formula is C41H73NO4. The van der Waals surface area contributed by atoms with Gasteiger partial charge in [-0.2, -0.15) is 0 Å². The van der Waals surface area contributed by atoms with Gasteiger partial charge in [0.25, 0.3) is 0 Å². The van der Waals surface area contributed by atoms with Crippen LogP contribution in [0.3, 0.4) is 0 Å². The molecule has 4 N–H and O–H groups in total. The van der Waals surface area contributed by atoms with Crippen molar-refractivity contribution >= 4 is 5.91 Å². The highest BCUT2D eigenvalue weighted by atomic mass is 16.3. The molecule has 0 heterocycles. The Morgan fingerprint density at radius 3 is 1.61 bits per heavy atom. The monoisotopic (exact) mass is 644 g/mol. The molecule has 0 bridgehead atoms. The largest absolute Gasteiger partial charge is 0.394 e. The second-order valence-electron chi connectivity index (χ2n) is 12.8. The summed E-state index contributed by atoms with van der Waals surface area (Å²) in [6.45, 7) is 4.05. The number of unbranched alkanes of at least 4 members (excludes halogenated alkanes) is 16. The van der Waals surface area contributed by atoms with Gasteiger partial charge in [0.1, 0.15) is 0 Å². The molecule has 0 aliphatic heterocycles. The van der Waals surface area contributed by atoms with Crippen LogP contribution in [0.1, 0.15) is 168 Å². The van der Waals surface area contributed by atoms with E-state index < -0.39 is 18.2 Å². The number of aliphatic hydroxyl groups excluding tert-OH is 3. The number of rotatable bonds is 33. The molecule has 3 unspecified atom stereocenters. The SMILES string of the molecule is CC/C=C/CC/C=C/CC/C=C/C(O)C(CO)NC(=O)CC(O)CCCCCCC/C=C\C/C=C\CCCCCCCCCCC. The summed E-state index contributed by atoms with van der Waals surface area (Å²) in [5, 5.41) is 32.9. The fourth-order valence-electron chi connectivity index (χ4n) is 5.35. The Morgan fingerprint density at radius 1 is 0.587 bits per heavy atom. The van der Waals surface area contributed by atoms with E-state index in [1.54, 1.807) is 6.08 Å². The Morgan fingerprint density at radius 2 is 1.07 bits per heavy atom. The van der Waals surface area contributed by atoms with E-state index in [2.05, 4.69) is 67.8 Å². The van der Waals surface area contributed by atoms with Gasteiger partial charge < -0.3 is 20.6 Å². The maximum Gasteiger partial charge on any atom is 0.222 e. The molecule has 0 aliphatic carbocycles. The maximum absolute atomic E-state index is 12.3. The Balaban J connectivity index is 3.75. The lowest BCUT2D eigenvalue weighted by Gasteiger charge is -2.20. The van der Waals surface area contributed by atoms with Crippen molar-refractivity contribution in [3.05, 3.63) is 60.8 Å². The van der Waals surface area contributed by atoms with Gasteiger partial charge in [0, 0.05) is 0 Å². The summed E-state index contributed by atoms with van der Waals surface area (Å²) in [7, 11) is 0. The number of carbonyl (C=O) groups excluding carboxylic acids is 1. The fourth-order valence-corrected chi connectivity index (χ4v) is 5.35. The van der Waals surface area contributed by atoms with Gasteiger partial charge in [0.15, 0.2) is 0 Å². The fraction of sp³-hybridized carbons (Fsp3) is 0.732. The van der Waals surface area contributed by atoms with E-state index in [4.69, 9.17) is 0 Å². The maximum atomic E-state index is 12.3. The van der Waals surface area contributed by atoms with Crippen LogP contribution in [0.2, 0.25) is 0 Å². The molecule has 0 fully saturated rings. The Hall–Kier alpha value is -1.95. The Labute approximate surface area is 284 Å². The summed E-state index contributed by atoms with van der Waals surface area (Å²) in [6, 6.07) is -0.772. The molecule has 0 spiro atoms. The van der Waals surface area contributed by atoms with Crippen LogP contribution < -0.4 is 5.32 Å². The van der Waals surface area contributed by atoms with Gasteiger partial charge in [-0.1, -0.05) is 152 Å². The number of amides is 1. The quantitative estimate of drug-likeness (QED) is 0.0423. The Bertz CT molecular complexity index is 800. The van der Waals surface area contributed by atoms with Crippen molar-refractivity contribution in [3.63, 3.8) is 0 Å². The van der Waals surface area contributed by atoms with Crippen LogP contribution in [0.5, 0.6) is 0 Å². The summed E-state index contributed by atoms with van der Waals surface area (Å²) in [5.74, 6) is -0.343. The lowest BCUT2D eigenvalue weighted by atomic mass is 10.0. The van der Waals surface area contributed by atoms with Crippen molar-refractivity contribution in [1.29, 1.82) is 0 Å². The van der Waals surface area contributed by atoms with E-state index in [0.717, 1.165) is 64.2 Å². The van der Waals surface area contributed by atoms with Crippen LogP contribution in [-0.2, 0) is 4.79 Å². The molecule has 0 aromatic rings. The first-order valence-corrected chi connectivity index (χ1v) is 19.1. The molecule has 0 radical (unpaired) electrons. The minimum absolute atomic E-state index is 0.0103. The topological polar surface area (TPSA) is 89.8 Å². The second kappa shape index (κ2) is 35.9. The summed E-state index contributed by atoms with van der Waals surface area (Å²) in [6.07, 6.45) is 46.5. The average Bonchev–Trinajstić information content (AvgIpc) is 3.05. The summed E-state index contributed by atoms with van der Waals surface area (Å²) in [5.41, 5.74) is 0. The normalized spacial score (nSPS) is 14.5. The zero-order valence-electron chi connectivity index (χ0n) is 29.9. The lowest BCUT2D eigenvalue weighted by Crippen LogP contribution is -2.45. The summed E-state index contributed by atoms with van der Waals surface area (Å²) >= 11 is 0. The third-order valence-corrected chi connectivity index (χ3v) is 8.27. The molecule has 0 saturated carbocycles. The first kappa shape index (κ1) is 44.0. The first-order chi connectivity index (χ1) is 22.5. The molecule has 0 aliphatic rings. The zero-order valence-corrected chi connectivity index (χ0v) is 29.9. The van der Waals surface area contributed by atoms with Gasteiger partial charge in [0.2, 0.25) is 5.91 Å². The van der Waals surface area contributed by atoms with Crippen LogP contribution in [-0.4, -0.2) is 46.1 Å². The van der Waals surface area contributed by atoms with Crippen molar-refractivity contribution in [3.8, 4) is 0 Å². The highest BCUT2D eigenvalue weighted by Gasteiger charge is 2.20. The smallest absolute Gasteiger partial charge is 0.222 e.